The maximum absolute atomic E-state index is 13.2. The molecule has 1 aliphatic carbocycles. The average Bonchev–Trinajstić information content (AvgIpc) is 3.27. The van der Waals surface area contributed by atoms with Crippen LogP contribution in [0.5, 0.6) is 5.75 Å². The van der Waals surface area contributed by atoms with Crippen LogP contribution in [0.4, 0.5) is 4.39 Å². The zero-order valence-electron chi connectivity index (χ0n) is 16.1. The van der Waals surface area contributed by atoms with E-state index < -0.39 is 0 Å². The van der Waals surface area contributed by atoms with Gasteiger partial charge < -0.3 is 10.4 Å². The highest BCUT2D eigenvalue weighted by molar-refractivity contribution is 5.73. The number of nitrogens with one attached hydrogen (secondary N) is 2. The van der Waals surface area contributed by atoms with Crippen LogP contribution in [0.15, 0.2) is 42.7 Å². The molecule has 7 heteroatoms. The summed E-state index contributed by atoms with van der Waals surface area (Å²) in [6.45, 7) is -0.344. The monoisotopic (exact) mass is 393 g/mol. The molecule has 3 fully saturated rings. The van der Waals surface area contributed by atoms with Crippen LogP contribution < -0.4 is 5.32 Å². The van der Waals surface area contributed by atoms with E-state index in [2.05, 4.69) is 25.7 Å². The normalized spacial score (nSPS) is 24.1. The van der Waals surface area contributed by atoms with Crippen molar-refractivity contribution >= 4 is 0 Å². The molecule has 2 saturated heterocycles. The first-order valence-electron chi connectivity index (χ1n) is 10.2. The van der Waals surface area contributed by atoms with Gasteiger partial charge in [0.1, 0.15) is 5.75 Å². The van der Waals surface area contributed by atoms with Crippen LogP contribution in [-0.4, -0.2) is 44.3 Å². The zero-order valence-corrected chi connectivity index (χ0v) is 16.1. The molecule has 3 atom stereocenters. The van der Waals surface area contributed by atoms with Gasteiger partial charge in [0.15, 0.2) is 0 Å². The van der Waals surface area contributed by atoms with Crippen molar-refractivity contribution < 1.29 is 9.50 Å². The fraction of sp³-hybridized carbons (Fsp3) is 0.409. The lowest BCUT2D eigenvalue weighted by Crippen LogP contribution is -2.58. The number of H-pyrrole nitrogens is 1. The van der Waals surface area contributed by atoms with E-state index >= 15 is 0 Å². The topological polar surface area (TPSA) is 86.7 Å². The summed E-state index contributed by atoms with van der Waals surface area (Å²) in [4.78, 5) is 0. The average molecular weight is 393 g/mol. The Balaban J connectivity index is 1.37. The van der Waals surface area contributed by atoms with Crippen molar-refractivity contribution in [1.82, 2.24) is 25.7 Å². The number of phenolic OH excluding ortho intramolecular Hbond substituents is 1. The van der Waals surface area contributed by atoms with Crippen molar-refractivity contribution in [2.75, 3.05) is 6.67 Å². The molecule has 0 spiro atoms. The SMILES string of the molecule is Oc1cc(-c2cn[nH]c2)ccc1-c1ccc(C(CCF)C2CC3CC(C2)N3)nn1. The minimum Gasteiger partial charge on any atom is -0.507 e. The van der Waals surface area contributed by atoms with Crippen LogP contribution in [0.3, 0.4) is 0 Å². The van der Waals surface area contributed by atoms with E-state index in [1.807, 2.05) is 24.3 Å². The standard InChI is InChI=1S/C22H24FN5O/c23-6-5-18(14-7-16-10-17(8-14)26-16)20-3-4-21(28-27-20)19-2-1-13(9-22(19)29)15-11-24-25-12-15/h1-4,9,11-12,14,16-18,26,29H,5-8,10H2,(H,24,25). The molecule has 29 heavy (non-hydrogen) atoms. The maximum Gasteiger partial charge on any atom is 0.125 e. The number of alkyl halides is 1. The van der Waals surface area contributed by atoms with Crippen LogP contribution >= 0.6 is 0 Å². The quantitative estimate of drug-likeness (QED) is 0.593. The highest BCUT2D eigenvalue weighted by Crippen LogP contribution is 2.42. The minimum atomic E-state index is -0.344. The van der Waals surface area contributed by atoms with Crippen LogP contribution in [0.2, 0.25) is 0 Å². The maximum atomic E-state index is 13.2. The number of aromatic amines is 1. The summed E-state index contributed by atoms with van der Waals surface area (Å²) in [5.74, 6) is 0.703. The Bertz CT molecular complexity index is 959. The number of piperidine rings is 1. The third-order valence-corrected chi connectivity index (χ3v) is 6.37. The summed E-state index contributed by atoms with van der Waals surface area (Å²) in [7, 11) is 0. The Morgan fingerprint density at radius 3 is 2.52 bits per heavy atom. The van der Waals surface area contributed by atoms with Gasteiger partial charge in [-0.05, 0) is 61.4 Å². The smallest absolute Gasteiger partial charge is 0.125 e. The second kappa shape index (κ2) is 7.55. The predicted octanol–water partition coefficient (Wildman–Crippen LogP) is 3.82. The summed E-state index contributed by atoms with van der Waals surface area (Å²) in [6.07, 6.45) is 7.39. The Hall–Kier alpha value is -2.80. The second-order valence-corrected chi connectivity index (χ2v) is 8.17. The van der Waals surface area contributed by atoms with Gasteiger partial charge in [-0.25, -0.2) is 0 Å². The molecular weight excluding hydrogens is 369 g/mol. The molecule has 2 bridgehead atoms. The van der Waals surface area contributed by atoms with Crippen molar-refractivity contribution in [3.63, 3.8) is 0 Å². The van der Waals surface area contributed by atoms with Crippen LogP contribution in [0, 0.1) is 5.92 Å². The fourth-order valence-corrected chi connectivity index (χ4v) is 4.90. The van der Waals surface area contributed by atoms with Crippen molar-refractivity contribution in [3.8, 4) is 28.1 Å². The van der Waals surface area contributed by atoms with E-state index in [4.69, 9.17) is 0 Å². The highest BCUT2D eigenvalue weighted by Gasteiger charge is 2.41. The molecule has 4 heterocycles. The Morgan fingerprint density at radius 1 is 1.07 bits per heavy atom. The van der Waals surface area contributed by atoms with E-state index in [1.165, 1.54) is 6.42 Å². The summed E-state index contributed by atoms with van der Waals surface area (Å²) >= 11 is 0. The van der Waals surface area contributed by atoms with E-state index in [-0.39, 0.29) is 18.3 Å². The number of nitrogens with zero attached hydrogens (tertiary/aromatic N) is 3. The first kappa shape index (κ1) is 18.2. The molecular formula is C22H24FN5O. The largest absolute Gasteiger partial charge is 0.507 e. The molecule has 150 valence electrons. The summed E-state index contributed by atoms with van der Waals surface area (Å²) in [6, 6.07) is 10.4. The lowest BCUT2D eigenvalue weighted by atomic mass is 9.69. The van der Waals surface area contributed by atoms with Gasteiger partial charge in [0.05, 0.1) is 24.3 Å². The first-order chi connectivity index (χ1) is 14.2. The molecule has 0 radical (unpaired) electrons. The van der Waals surface area contributed by atoms with E-state index in [1.54, 1.807) is 18.5 Å². The van der Waals surface area contributed by atoms with Crippen LogP contribution in [-0.2, 0) is 0 Å². The molecule has 6 nitrogen and oxygen atoms in total. The third-order valence-electron chi connectivity index (χ3n) is 6.37. The second-order valence-electron chi connectivity index (χ2n) is 8.17. The Kier molecular flexibility index (Phi) is 4.75. The fourth-order valence-electron chi connectivity index (χ4n) is 4.90. The Labute approximate surface area is 168 Å². The van der Waals surface area contributed by atoms with Gasteiger partial charge in [-0.3, -0.25) is 9.49 Å². The van der Waals surface area contributed by atoms with E-state index in [9.17, 15) is 9.50 Å². The summed E-state index contributed by atoms with van der Waals surface area (Å²) in [5.41, 5.74) is 3.87. The number of benzene rings is 1. The third kappa shape index (κ3) is 3.51. The van der Waals surface area contributed by atoms with Gasteiger partial charge in [0, 0.05) is 35.3 Å². The minimum absolute atomic E-state index is 0.103. The molecule has 6 rings (SSSR count). The number of aromatic nitrogens is 4. The Morgan fingerprint density at radius 2 is 1.90 bits per heavy atom. The molecule has 3 aromatic rings. The number of halogens is 1. The van der Waals surface area contributed by atoms with Crippen molar-refractivity contribution in [2.24, 2.45) is 5.92 Å². The van der Waals surface area contributed by atoms with Crippen LogP contribution in [0.1, 0.15) is 37.3 Å². The lowest BCUT2D eigenvalue weighted by molar-refractivity contribution is 0.107. The lowest BCUT2D eigenvalue weighted by Gasteiger charge is -2.48. The number of fused-ring (bicyclic) bond motifs is 2. The summed E-state index contributed by atoms with van der Waals surface area (Å²) in [5, 5.41) is 29.5. The van der Waals surface area contributed by atoms with E-state index in [0.29, 0.717) is 35.7 Å². The van der Waals surface area contributed by atoms with Crippen LogP contribution in [0.25, 0.3) is 22.4 Å². The number of hydrogen-bond donors (Lipinski definition) is 3. The van der Waals surface area contributed by atoms with Gasteiger partial charge in [0.2, 0.25) is 0 Å². The van der Waals surface area contributed by atoms with Gasteiger partial charge in [-0.15, -0.1) is 0 Å². The summed E-state index contributed by atoms with van der Waals surface area (Å²) < 4.78 is 13.2. The van der Waals surface area contributed by atoms with Gasteiger partial charge >= 0.3 is 0 Å². The van der Waals surface area contributed by atoms with Gasteiger partial charge in [-0.1, -0.05) is 6.07 Å². The number of rotatable bonds is 6. The van der Waals surface area contributed by atoms with Crippen molar-refractivity contribution in [3.05, 3.63) is 48.4 Å². The molecule has 2 aromatic heterocycles. The number of aromatic hydroxyl groups is 1. The molecule has 1 aromatic carbocycles. The molecule has 3 unspecified atom stereocenters. The van der Waals surface area contributed by atoms with Gasteiger partial charge in [0.25, 0.3) is 0 Å². The molecule has 3 aliphatic rings. The molecule has 2 aliphatic heterocycles. The zero-order chi connectivity index (χ0) is 19.8. The molecule has 3 N–H and O–H groups in total. The first-order valence-corrected chi connectivity index (χ1v) is 10.2. The van der Waals surface area contributed by atoms with Gasteiger partial charge in [-0.2, -0.15) is 15.3 Å². The highest BCUT2D eigenvalue weighted by atomic mass is 19.1. The van der Waals surface area contributed by atoms with Crippen molar-refractivity contribution in [2.45, 2.75) is 43.7 Å². The molecule has 1 saturated carbocycles. The number of phenols is 1. The predicted molar refractivity (Wildman–Crippen MR) is 108 cm³/mol. The van der Waals surface area contributed by atoms with Crippen molar-refractivity contribution in [1.29, 1.82) is 0 Å². The molecule has 0 amide bonds. The number of hydrogen-bond acceptors (Lipinski definition) is 5. The van der Waals surface area contributed by atoms with E-state index in [0.717, 1.165) is 29.7 Å².